The molecule has 1 aromatic rings. The third-order valence-electron chi connectivity index (χ3n) is 3.79. The Labute approximate surface area is 112 Å². The van der Waals surface area contributed by atoms with Crippen LogP contribution < -0.4 is 5.73 Å². The fraction of sp³-hybridized carbons (Fsp3) is 0.429. The first-order chi connectivity index (χ1) is 8.97. The van der Waals surface area contributed by atoms with E-state index in [9.17, 15) is 14.7 Å². The normalized spacial score (nSPS) is 24.2. The maximum atomic E-state index is 12.4. The van der Waals surface area contributed by atoms with Crippen molar-refractivity contribution in [1.82, 2.24) is 4.90 Å². The number of hydrogen-bond donors (Lipinski definition) is 2. The molecule has 1 fully saturated rings. The Morgan fingerprint density at radius 2 is 2.00 bits per heavy atom. The molecule has 0 spiro atoms. The van der Waals surface area contributed by atoms with Crippen LogP contribution in [0.5, 0.6) is 0 Å². The molecule has 5 heteroatoms. The van der Waals surface area contributed by atoms with Crippen LogP contribution in [0.3, 0.4) is 0 Å². The van der Waals surface area contributed by atoms with E-state index in [1.165, 1.54) is 4.90 Å². The minimum Gasteiger partial charge on any atom is -0.480 e. The lowest BCUT2D eigenvalue weighted by molar-refractivity contribution is -0.155. The summed E-state index contributed by atoms with van der Waals surface area (Å²) >= 11 is 0. The SMILES string of the molecule is CC1(C(=O)O)CCCN1C(=O)[C@H](N)c1ccccc1. The number of benzene rings is 1. The van der Waals surface area contributed by atoms with Crippen molar-refractivity contribution in [3.8, 4) is 0 Å². The largest absolute Gasteiger partial charge is 0.480 e. The number of carbonyl (C=O) groups is 2. The second kappa shape index (κ2) is 5.01. The van der Waals surface area contributed by atoms with E-state index >= 15 is 0 Å². The first-order valence-electron chi connectivity index (χ1n) is 6.32. The Bertz CT molecular complexity index is 489. The second-order valence-corrected chi connectivity index (χ2v) is 5.06. The smallest absolute Gasteiger partial charge is 0.329 e. The van der Waals surface area contributed by atoms with E-state index in [0.717, 1.165) is 0 Å². The summed E-state index contributed by atoms with van der Waals surface area (Å²) in [6.07, 6.45) is 1.16. The summed E-state index contributed by atoms with van der Waals surface area (Å²) in [5.41, 5.74) is 5.52. The molecule has 19 heavy (non-hydrogen) atoms. The van der Waals surface area contributed by atoms with Crippen molar-refractivity contribution in [2.45, 2.75) is 31.3 Å². The van der Waals surface area contributed by atoms with E-state index in [-0.39, 0.29) is 5.91 Å². The number of amides is 1. The van der Waals surface area contributed by atoms with Gasteiger partial charge in [-0.2, -0.15) is 0 Å². The van der Waals surface area contributed by atoms with Crippen molar-refractivity contribution >= 4 is 11.9 Å². The lowest BCUT2D eigenvalue weighted by atomic mass is 9.97. The van der Waals surface area contributed by atoms with E-state index in [4.69, 9.17) is 5.73 Å². The number of carboxylic acids is 1. The molecule has 3 N–H and O–H groups in total. The van der Waals surface area contributed by atoms with Gasteiger partial charge in [0.15, 0.2) is 0 Å². The van der Waals surface area contributed by atoms with E-state index in [2.05, 4.69) is 0 Å². The number of aliphatic carboxylic acids is 1. The number of rotatable bonds is 3. The van der Waals surface area contributed by atoms with Gasteiger partial charge in [-0.3, -0.25) is 4.79 Å². The molecular formula is C14H18N2O3. The van der Waals surface area contributed by atoms with Gasteiger partial charge in [-0.05, 0) is 25.3 Å². The van der Waals surface area contributed by atoms with Gasteiger partial charge in [0, 0.05) is 6.54 Å². The van der Waals surface area contributed by atoms with Crippen LogP contribution in [-0.4, -0.2) is 34.0 Å². The first-order valence-corrected chi connectivity index (χ1v) is 6.32. The Kier molecular flexibility index (Phi) is 3.57. The number of carboxylic acid groups (broad SMARTS) is 1. The Morgan fingerprint density at radius 1 is 1.37 bits per heavy atom. The minimum absolute atomic E-state index is 0.325. The Morgan fingerprint density at radius 3 is 2.58 bits per heavy atom. The summed E-state index contributed by atoms with van der Waals surface area (Å²) in [5.74, 6) is -1.30. The third-order valence-corrected chi connectivity index (χ3v) is 3.79. The summed E-state index contributed by atoms with van der Waals surface area (Å²) in [6, 6.07) is 8.20. The number of nitrogens with two attached hydrogens (primary N) is 1. The van der Waals surface area contributed by atoms with Crippen LogP contribution in [0.1, 0.15) is 31.4 Å². The average molecular weight is 262 g/mol. The fourth-order valence-electron chi connectivity index (χ4n) is 2.51. The fourth-order valence-corrected chi connectivity index (χ4v) is 2.51. The summed E-state index contributed by atoms with van der Waals surface area (Å²) in [4.78, 5) is 25.2. The summed E-state index contributed by atoms with van der Waals surface area (Å²) < 4.78 is 0. The highest BCUT2D eigenvalue weighted by atomic mass is 16.4. The van der Waals surface area contributed by atoms with Crippen LogP contribution in [0.15, 0.2) is 30.3 Å². The predicted molar refractivity (Wildman–Crippen MR) is 70.4 cm³/mol. The van der Waals surface area contributed by atoms with Crippen molar-refractivity contribution < 1.29 is 14.7 Å². The molecule has 1 aliphatic heterocycles. The second-order valence-electron chi connectivity index (χ2n) is 5.06. The maximum Gasteiger partial charge on any atom is 0.329 e. The highest BCUT2D eigenvalue weighted by molar-refractivity contribution is 5.90. The van der Waals surface area contributed by atoms with Crippen LogP contribution in [0.4, 0.5) is 0 Å². The van der Waals surface area contributed by atoms with E-state index in [0.29, 0.717) is 24.9 Å². The quantitative estimate of drug-likeness (QED) is 0.856. The lowest BCUT2D eigenvalue weighted by Crippen LogP contribution is -2.53. The summed E-state index contributed by atoms with van der Waals surface area (Å²) in [6.45, 7) is 2.03. The zero-order valence-electron chi connectivity index (χ0n) is 10.9. The predicted octanol–water partition coefficient (Wildman–Crippen LogP) is 1.15. The average Bonchev–Trinajstić information content (AvgIpc) is 2.81. The lowest BCUT2D eigenvalue weighted by Gasteiger charge is -2.33. The molecule has 0 aromatic heterocycles. The van der Waals surface area contributed by atoms with Crippen LogP contribution in [0.2, 0.25) is 0 Å². The van der Waals surface area contributed by atoms with E-state index in [1.54, 1.807) is 19.1 Å². The molecule has 1 heterocycles. The van der Waals surface area contributed by atoms with Crippen molar-refractivity contribution in [3.05, 3.63) is 35.9 Å². The Balaban J connectivity index is 2.22. The van der Waals surface area contributed by atoms with E-state index in [1.807, 2.05) is 18.2 Å². The van der Waals surface area contributed by atoms with Gasteiger partial charge in [0.05, 0.1) is 0 Å². The molecule has 0 radical (unpaired) electrons. The first kappa shape index (κ1) is 13.5. The van der Waals surface area contributed by atoms with Gasteiger partial charge in [-0.15, -0.1) is 0 Å². The summed E-state index contributed by atoms with van der Waals surface area (Å²) in [7, 11) is 0. The molecule has 5 nitrogen and oxygen atoms in total. The number of carbonyl (C=O) groups excluding carboxylic acids is 1. The Hall–Kier alpha value is -1.88. The zero-order chi connectivity index (χ0) is 14.0. The molecule has 1 aromatic carbocycles. The molecule has 0 aliphatic carbocycles. The van der Waals surface area contributed by atoms with Crippen molar-refractivity contribution in [2.24, 2.45) is 5.73 Å². The van der Waals surface area contributed by atoms with Crippen molar-refractivity contribution in [2.75, 3.05) is 6.54 Å². The zero-order valence-corrected chi connectivity index (χ0v) is 10.9. The monoisotopic (exact) mass is 262 g/mol. The molecule has 1 amide bonds. The van der Waals surface area contributed by atoms with Gasteiger partial charge in [-0.25, -0.2) is 4.79 Å². The van der Waals surface area contributed by atoms with Gasteiger partial charge in [0.2, 0.25) is 5.91 Å². The topological polar surface area (TPSA) is 83.6 Å². The van der Waals surface area contributed by atoms with Crippen LogP contribution in [0, 0.1) is 0 Å². The number of nitrogens with zero attached hydrogens (tertiary/aromatic N) is 1. The van der Waals surface area contributed by atoms with Crippen LogP contribution in [-0.2, 0) is 9.59 Å². The van der Waals surface area contributed by atoms with Gasteiger partial charge >= 0.3 is 5.97 Å². The highest BCUT2D eigenvalue weighted by Crippen LogP contribution is 2.31. The number of hydrogen-bond acceptors (Lipinski definition) is 3. The molecule has 2 atom stereocenters. The molecular weight excluding hydrogens is 244 g/mol. The molecule has 1 aliphatic rings. The van der Waals surface area contributed by atoms with Crippen LogP contribution >= 0.6 is 0 Å². The third kappa shape index (κ3) is 2.33. The highest BCUT2D eigenvalue weighted by Gasteiger charge is 2.47. The minimum atomic E-state index is -1.14. The van der Waals surface area contributed by atoms with Gasteiger partial charge in [0.1, 0.15) is 11.6 Å². The van der Waals surface area contributed by atoms with Gasteiger partial charge in [0.25, 0.3) is 0 Å². The van der Waals surface area contributed by atoms with Crippen molar-refractivity contribution in [3.63, 3.8) is 0 Å². The van der Waals surface area contributed by atoms with E-state index < -0.39 is 17.6 Å². The van der Waals surface area contributed by atoms with Gasteiger partial charge in [-0.1, -0.05) is 30.3 Å². The molecule has 0 bridgehead atoms. The summed E-state index contributed by atoms with van der Waals surface area (Å²) in [5, 5.41) is 9.31. The molecule has 2 rings (SSSR count). The number of likely N-dealkylation sites (tertiary alicyclic amines) is 1. The molecule has 0 saturated carbocycles. The standard InChI is InChI=1S/C14H18N2O3/c1-14(13(18)19)8-5-9-16(14)12(17)11(15)10-6-3-2-4-7-10/h2-4,6-7,11H,5,8-9,15H2,1H3,(H,18,19)/t11-,14?/m1/s1. The molecule has 1 saturated heterocycles. The van der Waals surface area contributed by atoms with Gasteiger partial charge < -0.3 is 15.7 Å². The van der Waals surface area contributed by atoms with Crippen molar-refractivity contribution in [1.29, 1.82) is 0 Å². The van der Waals surface area contributed by atoms with Crippen LogP contribution in [0.25, 0.3) is 0 Å². The molecule has 1 unspecified atom stereocenters. The molecule has 102 valence electrons. The maximum absolute atomic E-state index is 12.4.